The average molecular weight is 997 g/mol. The minimum atomic E-state index is 0.662. The molecule has 4 heterocycles. The highest BCUT2D eigenvalue weighted by Gasteiger charge is 2.34. The van der Waals surface area contributed by atoms with Crippen LogP contribution in [0.1, 0.15) is 22.3 Å². The van der Waals surface area contributed by atoms with Crippen molar-refractivity contribution in [1.29, 1.82) is 0 Å². The van der Waals surface area contributed by atoms with Crippen LogP contribution in [0, 0.1) is 0 Å². The lowest BCUT2D eigenvalue weighted by atomic mass is 9.74. The monoisotopic (exact) mass is 996 g/mol. The minimum absolute atomic E-state index is 0.662. The van der Waals surface area contributed by atoms with Gasteiger partial charge in [-0.1, -0.05) is 194 Å². The largest absolute Gasteiger partial charge is 0.278 e. The molecule has 0 spiro atoms. The fourth-order valence-corrected chi connectivity index (χ4v) is 12.8. The molecule has 10 aromatic carbocycles. The summed E-state index contributed by atoms with van der Waals surface area (Å²) in [4.78, 5) is 22.1. The number of hydrogen-bond donors (Lipinski definition) is 0. The second kappa shape index (κ2) is 17.8. The Bertz CT molecular complexity index is 4260. The third kappa shape index (κ3) is 7.10. The lowest BCUT2D eigenvalue weighted by Crippen LogP contribution is -2.17. The number of aryl methyl sites for hydroxylation is 4. The number of aromatic nitrogens is 6. The van der Waals surface area contributed by atoms with Gasteiger partial charge in [0.05, 0.1) is 44.8 Å². The standard InChI is InChI=1S/C72H48N6/c1-7-19-45(20-8-1)51-33-37-65-57(39-51)59-41-53-31-36-56-68-54(32-35-55(67(53)68)69(59)77(65)71-73-61(47-23-11-3-12-24-47)43-62(74-71)48-25-13-4-14-26-48)42-60-58-40-52(46-21-9-2-10-22-46)34-38-66(58)78(70(56)60)72-75-63(49-27-15-5-16-28-49)44-64(76-72)50-29-17-6-18-30-50/h1-30,33-34,37-44H,31-32,35-36H2. The Labute approximate surface area is 451 Å². The number of rotatable bonds is 8. The van der Waals surface area contributed by atoms with Crippen LogP contribution in [-0.4, -0.2) is 29.1 Å². The van der Waals surface area contributed by atoms with Crippen LogP contribution in [-0.2, 0) is 25.7 Å². The molecule has 0 atom stereocenters. The van der Waals surface area contributed by atoms with Gasteiger partial charge in [0.15, 0.2) is 0 Å². The van der Waals surface area contributed by atoms with Gasteiger partial charge in [-0.25, -0.2) is 19.9 Å². The van der Waals surface area contributed by atoms with Gasteiger partial charge in [-0.2, -0.15) is 0 Å². The van der Waals surface area contributed by atoms with E-state index in [9.17, 15) is 0 Å². The molecule has 0 radical (unpaired) electrons. The summed E-state index contributed by atoms with van der Waals surface area (Å²) in [7, 11) is 0. The zero-order valence-corrected chi connectivity index (χ0v) is 42.6. The predicted octanol–water partition coefficient (Wildman–Crippen LogP) is 17.3. The molecule has 16 rings (SSSR count). The van der Waals surface area contributed by atoms with Crippen LogP contribution in [0.2, 0.25) is 0 Å². The van der Waals surface area contributed by atoms with Crippen molar-refractivity contribution < 1.29 is 0 Å². The molecule has 6 nitrogen and oxygen atoms in total. The van der Waals surface area contributed by atoms with Crippen molar-refractivity contribution in [3.8, 4) is 90.3 Å². The van der Waals surface area contributed by atoms with E-state index in [0.717, 1.165) is 81.7 Å². The van der Waals surface area contributed by atoms with Crippen LogP contribution < -0.4 is 0 Å². The Kier molecular flexibility index (Phi) is 10.1. The van der Waals surface area contributed by atoms with Gasteiger partial charge in [-0.15, -0.1) is 0 Å². The van der Waals surface area contributed by atoms with E-state index < -0.39 is 0 Å². The fraction of sp³-hybridized carbons (Fsp3) is 0.0556. The Balaban J connectivity index is 0.998. The summed E-state index contributed by atoms with van der Waals surface area (Å²) in [6.07, 6.45) is 3.54. The maximum Gasteiger partial charge on any atom is 0.235 e. The van der Waals surface area contributed by atoms with Crippen LogP contribution >= 0.6 is 0 Å². The maximum atomic E-state index is 5.53. The van der Waals surface area contributed by atoms with E-state index >= 15 is 0 Å². The van der Waals surface area contributed by atoms with Crippen molar-refractivity contribution in [1.82, 2.24) is 29.1 Å². The highest BCUT2D eigenvalue weighted by Crippen LogP contribution is 2.52. The van der Waals surface area contributed by atoms with E-state index in [1.165, 1.54) is 88.2 Å². The second-order valence-electron chi connectivity index (χ2n) is 20.8. The van der Waals surface area contributed by atoms with Crippen LogP contribution in [0.15, 0.2) is 243 Å². The van der Waals surface area contributed by atoms with Gasteiger partial charge in [0.25, 0.3) is 0 Å². The van der Waals surface area contributed by atoms with E-state index in [2.05, 4.69) is 252 Å². The van der Waals surface area contributed by atoms with E-state index in [0.29, 0.717) is 11.9 Å². The summed E-state index contributed by atoms with van der Waals surface area (Å²) in [5.74, 6) is 1.32. The van der Waals surface area contributed by atoms with Crippen molar-refractivity contribution in [2.75, 3.05) is 0 Å². The molecule has 0 bridgehead atoms. The molecule has 0 N–H and O–H groups in total. The third-order valence-corrected chi connectivity index (χ3v) is 16.3. The molecule has 0 saturated heterocycles. The lowest BCUT2D eigenvalue weighted by Gasteiger charge is -2.31. The molecule has 2 aliphatic carbocycles. The Morgan fingerprint density at radius 3 is 0.885 bits per heavy atom. The maximum absolute atomic E-state index is 5.53. The molecule has 366 valence electrons. The van der Waals surface area contributed by atoms with Gasteiger partial charge in [0.2, 0.25) is 11.9 Å². The number of fused-ring (bicyclic) bond motifs is 8. The molecule has 2 aliphatic rings. The molecule has 6 heteroatoms. The molecular formula is C72H48N6. The summed E-state index contributed by atoms with van der Waals surface area (Å²) < 4.78 is 4.78. The van der Waals surface area contributed by atoms with Crippen LogP contribution in [0.5, 0.6) is 0 Å². The van der Waals surface area contributed by atoms with E-state index in [-0.39, 0.29) is 0 Å². The smallest absolute Gasteiger partial charge is 0.235 e. The molecular weight excluding hydrogens is 949 g/mol. The van der Waals surface area contributed by atoms with Crippen molar-refractivity contribution in [3.05, 3.63) is 265 Å². The fourth-order valence-electron chi connectivity index (χ4n) is 12.8. The van der Waals surface area contributed by atoms with Gasteiger partial charge >= 0.3 is 0 Å². The first-order chi connectivity index (χ1) is 38.7. The van der Waals surface area contributed by atoms with Gasteiger partial charge in [-0.05, 0) is 130 Å². The van der Waals surface area contributed by atoms with E-state index in [4.69, 9.17) is 19.9 Å². The molecule has 4 aromatic heterocycles. The minimum Gasteiger partial charge on any atom is -0.278 e. The Morgan fingerprint density at radius 2 is 0.564 bits per heavy atom. The molecule has 0 aliphatic heterocycles. The van der Waals surface area contributed by atoms with Gasteiger partial charge in [-0.3, -0.25) is 9.13 Å². The van der Waals surface area contributed by atoms with Crippen molar-refractivity contribution >= 4 is 43.6 Å². The normalized spacial score (nSPS) is 12.7. The van der Waals surface area contributed by atoms with Crippen LogP contribution in [0.4, 0.5) is 0 Å². The first-order valence-electron chi connectivity index (χ1n) is 27.0. The van der Waals surface area contributed by atoms with Crippen LogP contribution in [0.3, 0.4) is 0 Å². The summed E-state index contributed by atoms with van der Waals surface area (Å²) >= 11 is 0. The quantitative estimate of drug-likeness (QED) is 0.152. The molecule has 0 unspecified atom stereocenters. The van der Waals surface area contributed by atoms with Crippen molar-refractivity contribution in [3.63, 3.8) is 0 Å². The van der Waals surface area contributed by atoms with Crippen molar-refractivity contribution in [2.24, 2.45) is 0 Å². The summed E-state index contributed by atoms with van der Waals surface area (Å²) in [5.41, 5.74) is 25.2. The lowest BCUT2D eigenvalue weighted by molar-refractivity contribution is 0.877. The summed E-state index contributed by atoms with van der Waals surface area (Å²) in [6.45, 7) is 0. The molecule has 0 saturated carbocycles. The summed E-state index contributed by atoms with van der Waals surface area (Å²) in [6, 6.07) is 86.8. The Morgan fingerprint density at radius 1 is 0.256 bits per heavy atom. The number of nitrogens with zero attached hydrogens (tertiary/aromatic N) is 6. The zero-order chi connectivity index (χ0) is 51.3. The molecule has 78 heavy (non-hydrogen) atoms. The topological polar surface area (TPSA) is 61.4 Å². The van der Waals surface area contributed by atoms with Gasteiger partial charge in [0, 0.05) is 43.8 Å². The zero-order valence-electron chi connectivity index (χ0n) is 42.6. The first kappa shape index (κ1) is 44.3. The molecule has 14 aromatic rings. The average Bonchev–Trinajstić information content (AvgIpc) is 4.18. The number of hydrogen-bond acceptors (Lipinski definition) is 4. The molecule has 0 amide bonds. The van der Waals surface area contributed by atoms with Gasteiger partial charge < -0.3 is 0 Å². The van der Waals surface area contributed by atoms with E-state index in [1.807, 2.05) is 0 Å². The third-order valence-electron chi connectivity index (χ3n) is 16.3. The van der Waals surface area contributed by atoms with E-state index in [1.54, 1.807) is 0 Å². The highest BCUT2D eigenvalue weighted by molar-refractivity contribution is 6.17. The van der Waals surface area contributed by atoms with Crippen molar-refractivity contribution in [2.45, 2.75) is 25.7 Å². The SMILES string of the molecule is c1ccc(-c2ccc3c(c2)c2cc4c5c(c2n3-c2nc(-c3ccccc3)cc(-c3ccccc3)n2)CCc2cc3c6cc(-c7ccccc7)ccc6n(-c6nc(-c7ccccc7)cc(-c7ccccc7)n6)c3c(c2-5)CC4)cc1. The first-order valence-corrected chi connectivity index (χ1v) is 27.0. The molecule has 0 fully saturated rings. The van der Waals surface area contributed by atoms with Crippen LogP contribution in [0.25, 0.3) is 134 Å². The summed E-state index contributed by atoms with van der Waals surface area (Å²) in [5, 5.41) is 4.88. The van der Waals surface area contributed by atoms with Gasteiger partial charge in [0.1, 0.15) is 0 Å². The number of benzene rings is 10. The Hall–Kier alpha value is -10.0. The predicted molar refractivity (Wildman–Crippen MR) is 319 cm³/mol. The highest BCUT2D eigenvalue weighted by atomic mass is 15.2. The second-order valence-corrected chi connectivity index (χ2v) is 20.8.